The molecule has 0 aromatic rings. The summed E-state index contributed by atoms with van der Waals surface area (Å²) in [5.74, 6) is 0. The molecule has 116 valence electrons. The first-order chi connectivity index (χ1) is 9.28. The Morgan fingerprint density at radius 1 is 1.25 bits per heavy atom. The first kappa shape index (κ1) is 15.6. The van der Waals surface area contributed by atoms with Crippen LogP contribution >= 0.6 is 0 Å². The van der Waals surface area contributed by atoms with Crippen LogP contribution in [0, 0.1) is 0 Å². The number of ether oxygens (including phenoxy) is 1. The molecule has 0 aliphatic carbocycles. The summed E-state index contributed by atoms with van der Waals surface area (Å²) in [5.41, 5.74) is 5.64. The molecule has 3 atom stereocenters. The molecule has 0 radical (unpaired) electrons. The predicted octanol–water partition coefficient (Wildman–Crippen LogP) is 1.81. The van der Waals surface area contributed by atoms with Gasteiger partial charge in [0.25, 0.3) is 0 Å². The smallest absolute Gasteiger partial charge is 0.410 e. The fraction of sp³-hybridized carbons (Fsp3) is 0.933. The third-order valence-corrected chi connectivity index (χ3v) is 4.25. The van der Waals surface area contributed by atoms with E-state index in [1.165, 1.54) is 6.42 Å². The average molecular weight is 283 g/mol. The summed E-state index contributed by atoms with van der Waals surface area (Å²) in [6.07, 6.45) is 4.11. The van der Waals surface area contributed by atoms with Crippen molar-refractivity contribution in [2.75, 3.05) is 20.1 Å². The summed E-state index contributed by atoms with van der Waals surface area (Å²) < 4.78 is 5.57. The van der Waals surface area contributed by atoms with Crippen molar-refractivity contribution in [3.63, 3.8) is 0 Å². The van der Waals surface area contributed by atoms with E-state index in [2.05, 4.69) is 11.9 Å². The largest absolute Gasteiger partial charge is 0.444 e. The Balaban J connectivity index is 2.07. The first-order valence-electron chi connectivity index (χ1n) is 7.73. The zero-order chi connectivity index (χ0) is 14.9. The topological polar surface area (TPSA) is 58.8 Å². The number of likely N-dealkylation sites (N-methyl/N-ethyl adjacent to an activating group) is 1. The fourth-order valence-electron chi connectivity index (χ4n) is 3.43. The summed E-state index contributed by atoms with van der Waals surface area (Å²) in [7, 11) is 2.11. The van der Waals surface area contributed by atoms with E-state index < -0.39 is 5.60 Å². The molecule has 2 aliphatic rings. The van der Waals surface area contributed by atoms with E-state index in [0.717, 1.165) is 32.4 Å². The minimum absolute atomic E-state index is 0.170. The number of hydrogen-bond donors (Lipinski definition) is 1. The van der Waals surface area contributed by atoms with Crippen LogP contribution in [-0.4, -0.2) is 59.8 Å². The van der Waals surface area contributed by atoms with Crippen LogP contribution in [0.3, 0.4) is 0 Å². The van der Waals surface area contributed by atoms with Gasteiger partial charge in [-0.1, -0.05) is 0 Å². The third-order valence-electron chi connectivity index (χ3n) is 4.25. The lowest BCUT2D eigenvalue weighted by Crippen LogP contribution is -2.53. The number of carbonyl (C=O) groups excluding carboxylic acids is 1. The first-order valence-corrected chi connectivity index (χ1v) is 7.73. The number of likely N-dealkylation sites (tertiary alicyclic amines) is 2. The van der Waals surface area contributed by atoms with Gasteiger partial charge in [-0.2, -0.15) is 0 Å². The highest BCUT2D eigenvalue weighted by molar-refractivity contribution is 5.68. The second kappa shape index (κ2) is 5.90. The minimum atomic E-state index is -0.433. The molecule has 5 nitrogen and oxygen atoms in total. The van der Waals surface area contributed by atoms with Crippen molar-refractivity contribution in [2.24, 2.45) is 5.73 Å². The maximum Gasteiger partial charge on any atom is 0.410 e. The van der Waals surface area contributed by atoms with Crippen molar-refractivity contribution < 1.29 is 9.53 Å². The van der Waals surface area contributed by atoms with Crippen LogP contribution in [0.15, 0.2) is 0 Å². The Morgan fingerprint density at radius 3 is 2.50 bits per heavy atom. The molecule has 20 heavy (non-hydrogen) atoms. The van der Waals surface area contributed by atoms with Crippen molar-refractivity contribution in [3.8, 4) is 0 Å². The Bertz CT molecular complexity index is 354. The van der Waals surface area contributed by atoms with Crippen molar-refractivity contribution in [1.29, 1.82) is 0 Å². The van der Waals surface area contributed by atoms with E-state index in [9.17, 15) is 4.79 Å². The molecule has 0 saturated carbocycles. The zero-order valence-electron chi connectivity index (χ0n) is 13.3. The molecule has 2 heterocycles. The van der Waals surface area contributed by atoms with Gasteiger partial charge in [0.2, 0.25) is 0 Å². The van der Waals surface area contributed by atoms with Crippen molar-refractivity contribution >= 4 is 6.09 Å². The Hall–Kier alpha value is -0.810. The molecular formula is C15H29N3O2. The van der Waals surface area contributed by atoms with Crippen LogP contribution in [0.2, 0.25) is 0 Å². The van der Waals surface area contributed by atoms with Gasteiger partial charge in [0, 0.05) is 25.2 Å². The summed E-state index contributed by atoms with van der Waals surface area (Å²) in [6, 6.07) is 0.849. The Morgan fingerprint density at radius 2 is 1.95 bits per heavy atom. The third kappa shape index (κ3) is 3.64. The maximum atomic E-state index is 12.4. The molecule has 0 spiro atoms. The van der Waals surface area contributed by atoms with Crippen molar-refractivity contribution in [2.45, 2.75) is 70.2 Å². The quantitative estimate of drug-likeness (QED) is 0.797. The summed E-state index contributed by atoms with van der Waals surface area (Å²) in [5, 5.41) is 0. The standard InChI is InChI=1S/C15H29N3O2/c1-15(2,3)20-14(19)18-8-6-5-7-12(18)13-9-11(16)10-17(13)4/h11-13H,5-10,16H2,1-4H3. The van der Waals surface area contributed by atoms with Crippen LogP contribution < -0.4 is 5.73 Å². The van der Waals surface area contributed by atoms with Crippen LogP contribution in [0.5, 0.6) is 0 Å². The molecule has 2 aliphatic heterocycles. The van der Waals surface area contributed by atoms with Gasteiger partial charge in [0.05, 0.1) is 6.04 Å². The molecule has 0 aromatic heterocycles. The monoisotopic (exact) mass is 283 g/mol. The molecule has 2 rings (SSSR count). The van der Waals surface area contributed by atoms with Gasteiger partial charge in [-0.3, -0.25) is 4.90 Å². The molecule has 2 fully saturated rings. The highest BCUT2D eigenvalue weighted by atomic mass is 16.6. The number of rotatable bonds is 1. The van der Waals surface area contributed by atoms with Gasteiger partial charge < -0.3 is 15.4 Å². The summed E-state index contributed by atoms with van der Waals surface area (Å²) in [4.78, 5) is 16.7. The van der Waals surface area contributed by atoms with E-state index in [1.807, 2.05) is 25.7 Å². The normalized spacial score (nSPS) is 32.5. The van der Waals surface area contributed by atoms with E-state index in [-0.39, 0.29) is 18.2 Å². The maximum absolute atomic E-state index is 12.4. The molecule has 0 bridgehead atoms. The van der Waals surface area contributed by atoms with Crippen LogP contribution in [0.4, 0.5) is 4.79 Å². The SMILES string of the molecule is CN1CC(N)CC1C1CCCCN1C(=O)OC(C)(C)C. The second-order valence-corrected chi connectivity index (χ2v) is 7.24. The van der Waals surface area contributed by atoms with E-state index in [0.29, 0.717) is 6.04 Å². The lowest BCUT2D eigenvalue weighted by molar-refractivity contribution is -0.000525. The molecule has 2 saturated heterocycles. The van der Waals surface area contributed by atoms with Crippen LogP contribution in [0.25, 0.3) is 0 Å². The number of hydrogen-bond acceptors (Lipinski definition) is 4. The number of nitrogens with zero attached hydrogens (tertiary/aromatic N) is 2. The fourth-order valence-corrected chi connectivity index (χ4v) is 3.43. The van der Waals surface area contributed by atoms with Crippen molar-refractivity contribution in [3.05, 3.63) is 0 Å². The summed E-state index contributed by atoms with van der Waals surface area (Å²) in [6.45, 7) is 7.48. The highest BCUT2D eigenvalue weighted by Crippen LogP contribution is 2.29. The van der Waals surface area contributed by atoms with Gasteiger partial charge in [-0.05, 0) is 53.5 Å². The number of carbonyl (C=O) groups is 1. The molecular weight excluding hydrogens is 254 g/mol. The Labute approximate surface area is 122 Å². The van der Waals surface area contributed by atoms with Gasteiger partial charge in [0.15, 0.2) is 0 Å². The number of nitrogens with two attached hydrogens (primary N) is 1. The molecule has 1 amide bonds. The molecule has 2 N–H and O–H groups in total. The summed E-state index contributed by atoms with van der Waals surface area (Å²) >= 11 is 0. The zero-order valence-corrected chi connectivity index (χ0v) is 13.3. The van der Waals surface area contributed by atoms with Crippen molar-refractivity contribution in [1.82, 2.24) is 9.80 Å². The van der Waals surface area contributed by atoms with Gasteiger partial charge in [-0.15, -0.1) is 0 Å². The average Bonchev–Trinajstić information content (AvgIpc) is 2.66. The lowest BCUT2D eigenvalue weighted by Gasteiger charge is -2.41. The van der Waals surface area contributed by atoms with Gasteiger partial charge in [0.1, 0.15) is 5.60 Å². The number of piperidine rings is 1. The lowest BCUT2D eigenvalue weighted by atomic mass is 9.94. The highest BCUT2D eigenvalue weighted by Gasteiger charge is 2.40. The van der Waals surface area contributed by atoms with Crippen LogP contribution in [0.1, 0.15) is 46.5 Å². The molecule has 0 aromatic carbocycles. The van der Waals surface area contributed by atoms with E-state index in [4.69, 9.17) is 10.5 Å². The molecule has 3 unspecified atom stereocenters. The second-order valence-electron chi connectivity index (χ2n) is 7.24. The van der Waals surface area contributed by atoms with Gasteiger partial charge >= 0.3 is 6.09 Å². The Kier molecular flexibility index (Phi) is 4.59. The van der Waals surface area contributed by atoms with E-state index in [1.54, 1.807) is 0 Å². The predicted molar refractivity (Wildman–Crippen MR) is 79.6 cm³/mol. The van der Waals surface area contributed by atoms with E-state index >= 15 is 0 Å². The minimum Gasteiger partial charge on any atom is -0.444 e. The van der Waals surface area contributed by atoms with Gasteiger partial charge in [-0.25, -0.2) is 4.79 Å². The molecule has 5 heteroatoms. The van der Waals surface area contributed by atoms with Crippen LogP contribution in [-0.2, 0) is 4.74 Å². The number of amides is 1.